The van der Waals surface area contributed by atoms with Crippen LogP contribution in [0.15, 0.2) is 23.2 Å². The summed E-state index contributed by atoms with van der Waals surface area (Å²) in [4.78, 5) is 17.8. The topological polar surface area (TPSA) is 52.9 Å². The molecule has 18 heavy (non-hydrogen) atoms. The number of nitrogens with zero attached hydrogens (tertiary/aromatic N) is 2. The third-order valence-electron chi connectivity index (χ3n) is 3.16. The molecule has 96 valence electrons. The predicted molar refractivity (Wildman–Crippen MR) is 71.1 cm³/mol. The van der Waals surface area contributed by atoms with Gasteiger partial charge in [-0.3, -0.25) is 9.79 Å². The highest BCUT2D eigenvalue weighted by Crippen LogP contribution is 2.26. The molecule has 0 saturated carbocycles. The van der Waals surface area contributed by atoms with Gasteiger partial charge in [-0.1, -0.05) is 11.6 Å². The fraction of sp³-hybridized carbons (Fsp3) is 0.429. The van der Waals surface area contributed by atoms with E-state index >= 15 is 0 Å². The maximum absolute atomic E-state index is 11.8. The van der Waals surface area contributed by atoms with Crippen LogP contribution in [0.25, 0.3) is 0 Å². The number of phenols is 1. The van der Waals surface area contributed by atoms with Gasteiger partial charge < -0.3 is 10.0 Å². The van der Waals surface area contributed by atoms with Crippen molar-refractivity contribution >= 4 is 11.6 Å². The van der Waals surface area contributed by atoms with E-state index in [0.29, 0.717) is 0 Å². The third-order valence-corrected chi connectivity index (χ3v) is 3.16. The highest BCUT2D eigenvalue weighted by molar-refractivity contribution is 6.06. The van der Waals surface area contributed by atoms with E-state index in [2.05, 4.69) is 4.99 Å². The summed E-state index contributed by atoms with van der Waals surface area (Å²) in [5.41, 5.74) is 2.66. The maximum atomic E-state index is 11.8. The summed E-state index contributed by atoms with van der Waals surface area (Å²) in [5, 5.41) is 9.85. The number of aliphatic imine (C=N–C) groups is 1. The lowest BCUT2D eigenvalue weighted by atomic mass is 10.0. The first-order valence-electron chi connectivity index (χ1n) is 6.07. The van der Waals surface area contributed by atoms with Gasteiger partial charge >= 0.3 is 0 Å². The zero-order valence-electron chi connectivity index (χ0n) is 11.0. The van der Waals surface area contributed by atoms with E-state index in [0.717, 1.165) is 29.7 Å². The van der Waals surface area contributed by atoms with Crippen LogP contribution in [0.1, 0.15) is 24.0 Å². The van der Waals surface area contributed by atoms with Gasteiger partial charge in [0.2, 0.25) is 5.91 Å². The number of phenolic OH excluding ortho intramolecular Hbond substituents is 1. The van der Waals surface area contributed by atoms with E-state index in [1.54, 1.807) is 25.1 Å². The standard InChI is InChI=1S/C14H18N2O2/c1-9-4-7-13(17)10(8-9)11-5-6-12(15-11)14(18)16(2)3/h4,7-8,12,17H,5-6H2,1-3H3. The minimum atomic E-state index is -0.296. The van der Waals surface area contributed by atoms with Gasteiger partial charge in [0.25, 0.3) is 0 Å². The maximum Gasteiger partial charge on any atom is 0.246 e. The van der Waals surface area contributed by atoms with Gasteiger partial charge in [0.05, 0.1) is 0 Å². The quantitative estimate of drug-likeness (QED) is 0.864. The first-order chi connectivity index (χ1) is 8.49. The average Bonchev–Trinajstić information content (AvgIpc) is 2.80. The molecule has 0 radical (unpaired) electrons. The minimum absolute atomic E-state index is 0.0251. The summed E-state index contributed by atoms with van der Waals surface area (Å²) < 4.78 is 0. The molecule has 0 saturated heterocycles. The van der Waals surface area contributed by atoms with Crippen molar-refractivity contribution in [3.8, 4) is 5.75 Å². The molecule has 1 aliphatic rings. The number of carbonyl (C=O) groups is 1. The van der Waals surface area contributed by atoms with Crippen LogP contribution in [-0.2, 0) is 4.79 Å². The summed E-state index contributed by atoms with van der Waals surface area (Å²) in [6, 6.07) is 5.15. The van der Waals surface area contributed by atoms with Gasteiger partial charge in [-0.25, -0.2) is 0 Å². The van der Waals surface area contributed by atoms with E-state index in [1.807, 2.05) is 19.1 Å². The van der Waals surface area contributed by atoms with Crippen molar-refractivity contribution in [3.05, 3.63) is 29.3 Å². The summed E-state index contributed by atoms with van der Waals surface area (Å²) in [5.74, 6) is 0.259. The first-order valence-corrected chi connectivity index (χ1v) is 6.07. The van der Waals surface area contributed by atoms with E-state index in [9.17, 15) is 9.90 Å². The van der Waals surface area contributed by atoms with Crippen molar-refractivity contribution < 1.29 is 9.90 Å². The molecule has 2 rings (SSSR count). The van der Waals surface area contributed by atoms with Crippen LogP contribution in [0.5, 0.6) is 5.75 Å². The van der Waals surface area contributed by atoms with Crippen molar-refractivity contribution in [3.63, 3.8) is 0 Å². The summed E-state index contributed by atoms with van der Waals surface area (Å²) >= 11 is 0. The van der Waals surface area contributed by atoms with E-state index < -0.39 is 0 Å². The molecule has 0 bridgehead atoms. The van der Waals surface area contributed by atoms with Crippen LogP contribution in [-0.4, -0.2) is 41.8 Å². The normalized spacial score (nSPS) is 18.6. The molecule has 1 heterocycles. The van der Waals surface area contributed by atoms with Gasteiger partial charge in [0.15, 0.2) is 0 Å². The van der Waals surface area contributed by atoms with Crippen LogP contribution in [0.3, 0.4) is 0 Å². The fourth-order valence-electron chi connectivity index (χ4n) is 2.15. The van der Waals surface area contributed by atoms with Gasteiger partial charge in [-0.15, -0.1) is 0 Å². The minimum Gasteiger partial charge on any atom is -0.507 e. The van der Waals surface area contributed by atoms with Gasteiger partial charge in [-0.05, 0) is 31.9 Å². The molecule has 4 nitrogen and oxygen atoms in total. The van der Waals surface area contributed by atoms with Crippen molar-refractivity contribution in [2.45, 2.75) is 25.8 Å². The average molecular weight is 246 g/mol. The molecule has 4 heteroatoms. The number of hydrogen-bond donors (Lipinski definition) is 1. The second-order valence-electron chi connectivity index (χ2n) is 4.88. The lowest BCUT2D eigenvalue weighted by molar-refractivity contribution is -0.129. The van der Waals surface area contributed by atoms with E-state index in [1.165, 1.54) is 0 Å². The molecule has 1 aromatic carbocycles. The van der Waals surface area contributed by atoms with Crippen LogP contribution in [0.2, 0.25) is 0 Å². The van der Waals surface area contributed by atoms with E-state index in [-0.39, 0.29) is 17.7 Å². The number of aromatic hydroxyl groups is 1. The van der Waals surface area contributed by atoms with Crippen molar-refractivity contribution in [2.24, 2.45) is 4.99 Å². The predicted octanol–water partition coefficient (Wildman–Crippen LogP) is 1.74. The molecule has 1 N–H and O–H groups in total. The Labute approximate surface area is 107 Å². The van der Waals surface area contributed by atoms with Gasteiger partial charge in [-0.2, -0.15) is 0 Å². The number of rotatable bonds is 2. The Morgan fingerprint density at radius 3 is 2.83 bits per heavy atom. The number of amides is 1. The third kappa shape index (κ3) is 2.37. The molecule has 0 aromatic heterocycles. The molecular weight excluding hydrogens is 228 g/mol. The van der Waals surface area contributed by atoms with Gasteiger partial charge in [0, 0.05) is 25.4 Å². The molecule has 1 unspecified atom stereocenters. The number of hydrogen-bond acceptors (Lipinski definition) is 3. The molecule has 0 aliphatic carbocycles. The summed E-state index contributed by atoms with van der Waals surface area (Å²) in [6.45, 7) is 1.97. The Kier molecular flexibility index (Phi) is 3.36. The van der Waals surface area contributed by atoms with Crippen molar-refractivity contribution in [1.29, 1.82) is 0 Å². The summed E-state index contributed by atoms with van der Waals surface area (Å²) in [6.07, 6.45) is 1.46. The molecule has 0 spiro atoms. The monoisotopic (exact) mass is 246 g/mol. The first kappa shape index (κ1) is 12.6. The fourth-order valence-corrected chi connectivity index (χ4v) is 2.15. The zero-order chi connectivity index (χ0) is 13.3. The summed E-state index contributed by atoms with van der Waals surface area (Å²) in [7, 11) is 3.47. The Hall–Kier alpha value is -1.84. The van der Waals surface area contributed by atoms with Crippen molar-refractivity contribution in [1.82, 2.24) is 4.90 Å². The smallest absolute Gasteiger partial charge is 0.246 e. The van der Waals surface area contributed by atoms with Crippen LogP contribution in [0.4, 0.5) is 0 Å². The molecule has 1 aliphatic heterocycles. The van der Waals surface area contributed by atoms with E-state index in [4.69, 9.17) is 0 Å². The largest absolute Gasteiger partial charge is 0.507 e. The Morgan fingerprint density at radius 2 is 2.17 bits per heavy atom. The highest BCUT2D eigenvalue weighted by atomic mass is 16.3. The zero-order valence-corrected chi connectivity index (χ0v) is 11.0. The van der Waals surface area contributed by atoms with Crippen LogP contribution < -0.4 is 0 Å². The lowest BCUT2D eigenvalue weighted by Gasteiger charge is -2.13. The molecule has 0 fully saturated rings. The second-order valence-corrected chi connectivity index (χ2v) is 4.88. The number of carbonyl (C=O) groups excluding carboxylic acids is 1. The van der Waals surface area contributed by atoms with Gasteiger partial charge in [0.1, 0.15) is 11.8 Å². The second kappa shape index (κ2) is 4.80. The highest BCUT2D eigenvalue weighted by Gasteiger charge is 2.27. The molecular formula is C14H18N2O2. The lowest BCUT2D eigenvalue weighted by Crippen LogP contribution is -2.31. The van der Waals surface area contributed by atoms with Crippen molar-refractivity contribution in [2.75, 3.05) is 14.1 Å². The number of benzene rings is 1. The van der Waals surface area contributed by atoms with Crippen LogP contribution >= 0.6 is 0 Å². The Morgan fingerprint density at radius 1 is 1.44 bits per heavy atom. The molecule has 1 amide bonds. The SMILES string of the molecule is Cc1ccc(O)c(C2=NC(C(=O)N(C)C)CC2)c1. The molecule has 1 atom stereocenters. The molecule has 1 aromatic rings. The Bertz CT molecular complexity index is 507. The Balaban J connectivity index is 2.28. The van der Waals surface area contributed by atoms with Crippen LogP contribution in [0, 0.1) is 6.92 Å². The number of likely N-dealkylation sites (N-methyl/N-ethyl adjacent to an activating group) is 1. The number of aryl methyl sites for hydroxylation is 1.